The lowest BCUT2D eigenvalue weighted by molar-refractivity contribution is 0.0877. The van der Waals surface area contributed by atoms with E-state index < -0.39 is 0 Å². The molecular weight excluding hydrogens is 256 g/mol. The summed E-state index contributed by atoms with van der Waals surface area (Å²) < 4.78 is 5.07. The Kier molecular flexibility index (Phi) is 5.52. The summed E-state index contributed by atoms with van der Waals surface area (Å²) in [6, 6.07) is 5.68. The van der Waals surface area contributed by atoms with Crippen LogP contribution in [-0.2, 0) is 17.7 Å². The molecular formula is C15H22N2O3. The standard InChI is InChI=1S/C15H22N2O3/c1-20-10-12(6-8-18)17-15(19)14-4-2-3-11-9-16-7-5-13(11)14/h2-4,12,16,18H,5-10H2,1H3,(H,17,19). The van der Waals surface area contributed by atoms with Gasteiger partial charge in [0.05, 0.1) is 12.6 Å². The van der Waals surface area contributed by atoms with Crippen LogP contribution in [0.2, 0.25) is 0 Å². The summed E-state index contributed by atoms with van der Waals surface area (Å²) >= 11 is 0. The van der Waals surface area contributed by atoms with Crippen molar-refractivity contribution in [3.05, 3.63) is 34.9 Å². The fourth-order valence-corrected chi connectivity index (χ4v) is 2.56. The van der Waals surface area contributed by atoms with Gasteiger partial charge in [0.25, 0.3) is 5.91 Å². The molecule has 0 saturated carbocycles. The number of benzene rings is 1. The highest BCUT2D eigenvalue weighted by molar-refractivity contribution is 5.96. The highest BCUT2D eigenvalue weighted by Crippen LogP contribution is 2.18. The number of hydrogen-bond acceptors (Lipinski definition) is 4. The van der Waals surface area contributed by atoms with E-state index >= 15 is 0 Å². The Morgan fingerprint density at radius 3 is 3.15 bits per heavy atom. The molecule has 0 radical (unpaired) electrons. The van der Waals surface area contributed by atoms with Gasteiger partial charge in [-0.3, -0.25) is 4.79 Å². The van der Waals surface area contributed by atoms with Crippen molar-refractivity contribution in [2.24, 2.45) is 0 Å². The molecule has 5 heteroatoms. The van der Waals surface area contributed by atoms with Crippen molar-refractivity contribution in [2.45, 2.75) is 25.4 Å². The lowest BCUT2D eigenvalue weighted by Gasteiger charge is -2.22. The molecule has 0 saturated heterocycles. The third kappa shape index (κ3) is 3.56. The summed E-state index contributed by atoms with van der Waals surface area (Å²) in [6.45, 7) is 2.15. The third-order valence-corrected chi connectivity index (χ3v) is 3.57. The highest BCUT2D eigenvalue weighted by Gasteiger charge is 2.19. The molecule has 0 aliphatic carbocycles. The minimum absolute atomic E-state index is 0.0329. The summed E-state index contributed by atoms with van der Waals surface area (Å²) in [6.07, 6.45) is 1.37. The first-order chi connectivity index (χ1) is 9.76. The largest absolute Gasteiger partial charge is 0.396 e. The van der Waals surface area contributed by atoms with Crippen LogP contribution in [0, 0.1) is 0 Å². The normalized spacial score (nSPS) is 15.5. The van der Waals surface area contributed by atoms with Crippen molar-refractivity contribution in [1.82, 2.24) is 10.6 Å². The van der Waals surface area contributed by atoms with E-state index in [1.807, 2.05) is 12.1 Å². The zero-order chi connectivity index (χ0) is 14.4. The molecule has 20 heavy (non-hydrogen) atoms. The number of carbonyl (C=O) groups excluding carboxylic acids is 1. The lowest BCUT2D eigenvalue weighted by atomic mass is 9.95. The van der Waals surface area contributed by atoms with Crippen LogP contribution >= 0.6 is 0 Å². The van der Waals surface area contributed by atoms with Gasteiger partial charge >= 0.3 is 0 Å². The first kappa shape index (κ1) is 15.0. The Hall–Kier alpha value is -1.43. The average molecular weight is 278 g/mol. The molecule has 110 valence electrons. The number of fused-ring (bicyclic) bond motifs is 1. The van der Waals surface area contributed by atoms with Gasteiger partial charge in [-0.1, -0.05) is 12.1 Å². The molecule has 3 N–H and O–H groups in total. The van der Waals surface area contributed by atoms with Crippen molar-refractivity contribution in [2.75, 3.05) is 26.9 Å². The van der Waals surface area contributed by atoms with Gasteiger partial charge < -0.3 is 20.5 Å². The van der Waals surface area contributed by atoms with E-state index in [1.165, 1.54) is 5.56 Å². The second-order valence-corrected chi connectivity index (χ2v) is 5.01. The van der Waals surface area contributed by atoms with Crippen LogP contribution in [0.4, 0.5) is 0 Å². The Bertz CT molecular complexity index is 456. The molecule has 2 rings (SSSR count). The van der Waals surface area contributed by atoms with Crippen LogP contribution < -0.4 is 10.6 Å². The minimum Gasteiger partial charge on any atom is -0.396 e. The number of hydrogen-bond donors (Lipinski definition) is 3. The lowest BCUT2D eigenvalue weighted by Crippen LogP contribution is -2.39. The van der Waals surface area contributed by atoms with Gasteiger partial charge in [0.2, 0.25) is 0 Å². The average Bonchev–Trinajstić information content (AvgIpc) is 2.47. The van der Waals surface area contributed by atoms with Gasteiger partial charge in [-0.05, 0) is 36.6 Å². The number of aliphatic hydroxyl groups excluding tert-OH is 1. The van der Waals surface area contributed by atoms with Crippen LogP contribution in [0.1, 0.15) is 27.9 Å². The van der Waals surface area contributed by atoms with Gasteiger partial charge in [-0.25, -0.2) is 0 Å². The molecule has 1 aliphatic heterocycles. The maximum atomic E-state index is 12.4. The molecule has 0 fully saturated rings. The smallest absolute Gasteiger partial charge is 0.251 e. The quantitative estimate of drug-likeness (QED) is 0.707. The molecule has 1 heterocycles. The first-order valence-electron chi connectivity index (χ1n) is 6.98. The number of carbonyl (C=O) groups is 1. The molecule has 1 aromatic rings. The second-order valence-electron chi connectivity index (χ2n) is 5.01. The molecule has 0 spiro atoms. The number of nitrogens with one attached hydrogen (secondary N) is 2. The van der Waals surface area contributed by atoms with Gasteiger partial charge in [0.1, 0.15) is 0 Å². The van der Waals surface area contributed by atoms with E-state index in [9.17, 15) is 4.79 Å². The zero-order valence-corrected chi connectivity index (χ0v) is 11.8. The Morgan fingerprint density at radius 2 is 2.40 bits per heavy atom. The molecule has 1 aromatic carbocycles. The minimum atomic E-state index is -0.157. The predicted molar refractivity (Wildman–Crippen MR) is 76.7 cm³/mol. The van der Waals surface area contributed by atoms with Crippen molar-refractivity contribution in [3.8, 4) is 0 Å². The fraction of sp³-hybridized carbons (Fsp3) is 0.533. The van der Waals surface area contributed by atoms with Crippen molar-refractivity contribution < 1.29 is 14.6 Å². The molecule has 5 nitrogen and oxygen atoms in total. The van der Waals surface area contributed by atoms with E-state index in [4.69, 9.17) is 9.84 Å². The SMILES string of the molecule is COCC(CCO)NC(=O)c1cccc2c1CCNC2. The van der Waals surface area contributed by atoms with Crippen LogP contribution in [0.15, 0.2) is 18.2 Å². The first-order valence-corrected chi connectivity index (χ1v) is 6.98. The topological polar surface area (TPSA) is 70.6 Å². The number of rotatable bonds is 6. The molecule has 0 bridgehead atoms. The highest BCUT2D eigenvalue weighted by atomic mass is 16.5. The fourth-order valence-electron chi connectivity index (χ4n) is 2.56. The van der Waals surface area contributed by atoms with E-state index in [1.54, 1.807) is 7.11 Å². The number of methoxy groups -OCH3 is 1. The van der Waals surface area contributed by atoms with Crippen molar-refractivity contribution in [3.63, 3.8) is 0 Å². The monoisotopic (exact) mass is 278 g/mol. The van der Waals surface area contributed by atoms with Crippen LogP contribution in [0.25, 0.3) is 0 Å². The molecule has 1 aliphatic rings. The summed E-state index contributed by atoms with van der Waals surface area (Å²) in [4.78, 5) is 12.4. The Morgan fingerprint density at radius 1 is 1.55 bits per heavy atom. The second kappa shape index (κ2) is 7.38. The van der Waals surface area contributed by atoms with E-state index in [2.05, 4.69) is 16.7 Å². The summed E-state index contributed by atoms with van der Waals surface area (Å²) in [7, 11) is 1.59. The van der Waals surface area contributed by atoms with Gasteiger partial charge in [-0.2, -0.15) is 0 Å². The van der Waals surface area contributed by atoms with Gasteiger partial charge in [-0.15, -0.1) is 0 Å². The molecule has 0 aromatic heterocycles. The summed E-state index contributed by atoms with van der Waals surface area (Å²) in [5.41, 5.74) is 3.06. The zero-order valence-electron chi connectivity index (χ0n) is 11.8. The third-order valence-electron chi connectivity index (χ3n) is 3.57. The maximum absolute atomic E-state index is 12.4. The van der Waals surface area contributed by atoms with Crippen molar-refractivity contribution in [1.29, 1.82) is 0 Å². The van der Waals surface area contributed by atoms with E-state index in [0.29, 0.717) is 13.0 Å². The van der Waals surface area contributed by atoms with E-state index in [-0.39, 0.29) is 18.6 Å². The van der Waals surface area contributed by atoms with Crippen LogP contribution in [0.5, 0.6) is 0 Å². The number of aliphatic hydroxyl groups is 1. The predicted octanol–water partition coefficient (Wildman–Crippen LogP) is 0.459. The van der Waals surface area contributed by atoms with Gasteiger partial charge in [0, 0.05) is 25.8 Å². The van der Waals surface area contributed by atoms with Crippen molar-refractivity contribution >= 4 is 5.91 Å². The number of amides is 1. The van der Waals surface area contributed by atoms with Crippen LogP contribution in [-0.4, -0.2) is 43.9 Å². The van der Waals surface area contributed by atoms with E-state index in [0.717, 1.165) is 30.6 Å². The maximum Gasteiger partial charge on any atom is 0.251 e. The summed E-state index contributed by atoms with van der Waals surface area (Å²) in [5.74, 6) is -0.0840. The molecule has 1 unspecified atom stereocenters. The summed E-state index contributed by atoms with van der Waals surface area (Å²) in [5, 5.41) is 15.3. The number of ether oxygens (including phenoxy) is 1. The Balaban J connectivity index is 2.12. The van der Waals surface area contributed by atoms with Crippen LogP contribution in [0.3, 0.4) is 0 Å². The Labute approximate surface area is 119 Å². The molecule has 1 atom stereocenters. The molecule has 1 amide bonds. The van der Waals surface area contributed by atoms with Gasteiger partial charge in [0.15, 0.2) is 0 Å².